The van der Waals surface area contributed by atoms with E-state index >= 15 is 0 Å². The van der Waals surface area contributed by atoms with Crippen molar-refractivity contribution in [2.45, 2.75) is 11.8 Å². The first kappa shape index (κ1) is 22.0. The number of hydrogen-bond donors (Lipinski definition) is 2. The maximum atomic E-state index is 14.6. The van der Waals surface area contributed by atoms with Crippen LogP contribution < -0.4 is 15.6 Å². The van der Waals surface area contributed by atoms with E-state index in [1.54, 1.807) is 26.1 Å². The minimum absolute atomic E-state index is 0.00731. The third-order valence-electron chi connectivity index (χ3n) is 4.86. The Hall–Kier alpha value is -3.17. The fourth-order valence-electron chi connectivity index (χ4n) is 3.13. The van der Waals surface area contributed by atoms with Gasteiger partial charge in [0.25, 0.3) is 5.56 Å². The third kappa shape index (κ3) is 4.13. The van der Waals surface area contributed by atoms with Gasteiger partial charge in [0, 0.05) is 12.7 Å². The number of aryl methyl sites for hydroxylation is 2. The van der Waals surface area contributed by atoms with E-state index in [1.165, 1.54) is 23.0 Å². The number of halogens is 4. The fourth-order valence-corrected chi connectivity index (χ4v) is 4.16. The van der Waals surface area contributed by atoms with E-state index in [0.717, 1.165) is 30.1 Å². The molecule has 32 heavy (non-hydrogen) atoms. The molecule has 0 amide bonds. The minimum Gasteiger partial charge on any atom is -0.352 e. The molecular weight excluding hydrogens is 461 g/mol. The van der Waals surface area contributed by atoms with Crippen LogP contribution in [0.25, 0.3) is 10.9 Å². The summed E-state index contributed by atoms with van der Waals surface area (Å²) in [6, 6.07) is 8.98. The van der Waals surface area contributed by atoms with E-state index in [0.29, 0.717) is 27.8 Å². The van der Waals surface area contributed by atoms with Crippen LogP contribution in [0.3, 0.4) is 0 Å². The van der Waals surface area contributed by atoms with Gasteiger partial charge in [-0.3, -0.25) is 4.79 Å². The summed E-state index contributed by atoms with van der Waals surface area (Å²) in [5.74, 6) is -1.82. The van der Waals surface area contributed by atoms with E-state index in [2.05, 4.69) is 15.0 Å². The Morgan fingerprint density at radius 3 is 2.53 bits per heavy atom. The number of nitrogens with zero attached hydrogens (tertiary/aromatic N) is 2. The number of fused-ring (bicyclic) bond motifs is 1. The molecule has 0 aliphatic rings. The smallest absolute Gasteiger partial charge is 0.261 e. The molecule has 0 unspecified atom stereocenters. The predicted octanol–water partition coefficient (Wildman–Crippen LogP) is 6.18. The lowest BCUT2D eigenvalue weighted by atomic mass is 10.1. The van der Waals surface area contributed by atoms with Crippen molar-refractivity contribution in [2.24, 2.45) is 7.05 Å². The molecule has 10 heteroatoms. The second-order valence-electron chi connectivity index (χ2n) is 6.98. The topological polar surface area (TPSA) is 59.0 Å². The van der Waals surface area contributed by atoms with Crippen LogP contribution >= 0.6 is 23.5 Å². The van der Waals surface area contributed by atoms with Gasteiger partial charge in [-0.2, -0.15) is 0 Å². The van der Waals surface area contributed by atoms with E-state index in [9.17, 15) is 18.0 Å². The van der Waals surface area contributed by atoms with Gasteiger partial charge in [0.2, 0.25) is 0 Å². The summed E-state index contributed by atoms with van der Waals surface area (Å²) < 4.78 is 46.1. The van der Waals surface area contributed by atoms with Crippen LogP contribution in [0.15, 0.2) is 58.5 Å². The average molecular weight is 477 g/mol. The van der Waals surface area contributed by atoms with Crippen LogP contribution in [0.4, 0.5) is 30.2 Å². The monoisotopic (exact) mass is 476 g/mol. The van der Waals surface area contributed by atoms with Crippen molar-refractivity contribution in [1.82, 2.24) is 9.55 Å². The highest BCUT2D eigenvalue weighted by Crippen LogP contribution is 2.38. The van der Waals surface area contributed by atoms with Gasteiger partial charge < -0.3 is 14.6 Å². The minimum atomic E-state index is -0.624. The molecule has 4 rings (SSSR count). The molecule has 1 aromatic heterocycles. The van der Waals surface area contributed by atoms with E-state index in [4.69, 9.17) is 11.6 Å². The lowest BCUT2D eigenvalue weighted by Crippen LogP contribution is -2.18. The molecule has 5 nitrogen and oxygen atoms in total. The van der Waals surface area contributed by atoms with Gasteiger partial charge in [-0.05, 0) is 66.9 Å². The number of anilines is 3. The zero-order chi connectivity index (χ0) is 23.0. The highest BCUT2D eigenvalue weighted by Gasteiger charge is 2.16. The van der Waals surface area contributed by atoms with Gasteiger partial charge in [0.1, 0.15) is 17.5 Å². The number of benzene rings is 3. The molecule has 2 N–H and O–H groups in total. The molecule has 0 aliphatic carbocycles. The van der Waals surface area contributed by atoms with Crippen molar-refractivity contribution in [1.29, 1.82) is 0 Å². The lowest BCUT2D eigenvalue weighted by Gasteiger charge is -2.16. The normalized spacial score (nSPS) is 11.1. The van der Waals surface area contributed by atoms with Gasteiger partial charge in [-0.15, -0.1) is 0 Å². The summed E-state index contributed by atoms with van der Waals surface area (Å²) in [4.78, 5) is 16.8. The molecule has 0 bridgehead atoms. The van der Waals surface area contributed by atoms with Crippen LogP contribution in [0.5, 0.6) is 0 Å². The number of aromatic nitrogens is 2. The Bertz CT molecular complexity index is 1410. The fraction of sp³-hybridized carbons (Fsp3) is 0.0909. The third-order valence-corrected chi connectivity index (χ3v) is 6.11. The molecule has 0 saturated carbocycles. The maximum Gasteiger partial charge on any atom is 0.261 e. The summed E-state index contributed by atoms with van der Waals surface area (Å²) in [7, 11) is 1.60. The van der Waals surface area contributed by atoms with Gasteiger partial charge in [-0.25, -0.2) is 18.2 Å². The Balaban J connectivity index is 1.68. The van der Waals surface area contributed by atoms with Crippen LogP contribution in [0.2, 0.25) is 5.02 Å². The molecule has 164 valence electrons. The number of hydrogen-bond acceptors (Lipinski definition) is 5. The Labute approximate surface area is 190 Å². The van der Waals surface area contributed by atoms with E-state index in [-0.39, 0.29) is 21.2 Å². The van der Waals surface area contributed by atoms with Crippen molar-refractivity contribution in [3.8, 4) is 0 Å². The quantitative estimate of drug-likeness (QED) is 0.337. The molecular formula is C22H16ClF3N4OS. The summed E-state index contributed by atoms with van der Waals surface area (Å²) >= 11 is 7.21. The summed E-state index contributed by atoms with van der Waals surface area (Å²) in [6.07, 6.45) is 1.43. The van der Waals surface area contributed by atoms with Gasteiger partial charge in [0.05, 0.1) is 38.5 Å². The largest absolute Gasteiger partial charge is 0.352 e. The molecule has 0 aliphatic heterocycles. The first-order valence-corrected chi connectivity index (χ1v) is 10.5. The highest BCUT2D eigenvalue weighted by atomic mass is 35.5. The second-order valence-corrected chi connectivity index (χ2v) is 8.21. The van der Waals surface area contributed by atoms with Crippen molar-refractivity contribution in [2.75, 3.05) is 10.0 Å². The van der Waals surface area contributed by atoms with E-state index in [1.807, 2.05) is 0 Å². The van der Waals surface area contributed by atoms with Crippen LogP contribution in [-0.4, -0.2) is 9.55 Å². The van der Waals surface area contributed by atoms with Crippen molar-refractivity contribution >= 4 is 51.5 Å². The Morgan fingerprint density at radius 1 is 1.03 bits per heavy atom. The molecule has 4 aromatic rings. The highest BCUT2D eigenvalue weighted by molar-refractivity contribution is 8.00. The average Bonchev–Trinajstić information content (AvgIpc) is 2.76. The van der Waals surface area contributed by atoms with Crippen molar-refractivity contribution in [3.05, 3.63) is 87.2 Å². The van der Waals surface area contributed by atoms with E-state index < -0.39 is 17.5 Å². The predicted molar refractivity (Wildman–Crippen MR) is 122 cm³/mol. The number of nitrogens with one attached hydrogen (secondary N) is 2. The summed E-state index contributed by atoms with van der Waals surface area (Å²) in [5.41, 5.74) is 1.62. The lowest BCUT2D eigenvalue weighted by molar-refractivity contribution is 0.577. The number of rotatable bonds is 5. The molecule has 0 radical (unpaired) electrons. The Kier molecular flexibility index (Phi) is 6.03. The second kappa shape index (κ2) is 8.76. The Morgan fingerprint density at radius 2 is 1.75 bits per heavy atom. The van der Waals surface area contributed by atoms with Crippen molar-refractivity contribution < 1.29 is 13.2 Å². The van der Waals surface area contributed by atoms with Crippen molar-refractivity contribution in [3.63, 3.8) is 0 Å². The maximum absolute atomic E-state index is 14.6. The molecule has 0 saturated heterocycles. The molecule has 0 spiro atoms. The SMILES string of the molecule is Cc1c(Nc2c(F)ccc(NSc3cc(F)ccc3F)c2Cl)ccc2ncn(C)c(=O)c12. The molecule has 1 heterocycles. The standard InChI is InChI=1S/C22H16ClF3N4OS/c1-11-15(7-8-16-19(11)22(31)30(2)10-27-16)28-21-14(26)5-6-17(20(21)23)29-32-18-9-12(24)3-4-13(18)25/h3-10,28-29H,1-2H3. The zero-order valence-corrected chi connectivity index (χ0v) is 18.4. The van der Waals surface area contributed by atoms with Gasteiger partial charge >= 0.3 is 0 Å². The molecule has 0 atom stereocenters. The molecule has 3 aromatic carbocycles. The summed E-state index contributed by atoms with van der Waals surface area (Å²) in [6.45, 7) is 1.73. The first-order chi connectivity index (χ1) is 15.3. The first-order valence-electron chi connectivity index (χ1n) is 9.34. The zero-order valence-electron chi connectivity index (χ0n) is 16.8. The van der Waals surface area contributed by atoms with Crippen LogP contribution in [0, 0.1) is 24.4 Å². The van der Waals surface area contributed by atoms with Gasteiger partial charge in [0.15, 0.2) is 0 Å². The van der Waals surface area contributed by atoms with Crippen LogP contribution in [0.1, 0.15) is 5.56 Å². The van der Waals surface area contributed by atoms with Crippen LogP contribution in [-0.2, 0) is 7.05 Å². The van der Waals surface area contributed by atoms with Gasteiger partial charge in [-0.1, -0.05) is 11.6 Å². The summed E-state index contributed by atoms with van der Waals surface area (Å²) in [5, 5.41) is 3.35. The molecule has 0 fully saturated rings.